The summed E-state index contributed by atoms with van der Waals surface area (Å²) in [6.45, 7) is 4.62. The predicted octanol–water partition coefficient (Wildman–Crippen LogP) is 4.01. The molecule has 3 aromatic heterocycles. The molecule has 0 aliphatic heterocycles. The molecule has 0 atom stereocenters. The van der Waals surface area contributed by atoms with E-state index in [4.69, 9.17) is 0 Å². The third-order valence-electron chi connectivity index (χ3n) is 5.03. The number of aryl methyl sites for hydroxylation is 1. The molecule has 0 aliphatic rings. The van der Waals surface area contributed by atoms with Gasteiger partial charge < -0.3 is 5.32 Å². The number of fused-ring (bicyclic) bond motifs is 1. The van der Waals surface area contributed by atoms with Crippen LogP contribution in [0.25, 0.3) is 16.9 Å². The summed E-state index contributed by atoms with van der Waals surface area (Å²) in [6.07, 6.45) is -3.12. The lowest BCUT2D eigenvalue weighted by molar-refractivity contribution is -0.142. The summed E-state index contributed by atoms with van der Waals surface area (Å²) >= 11 is 0. The molecule has 11 heteroatoms. The summed E-state index contributed by atoms with van der Waals surface area (Å²) in [7, 11) is 0. The van der Waals surface area contributed by atoms with Crippen molar-refractivity contribution < 1.29 is 22.4 Å². The average Bonchev–Trinajstić information content (AvgIpc) is 3.34. The largest absolute Gasteiger partial charge is 0.433 e. The lowest BCUT2D eigenvalue weighted by atomic mass is 10.1. The summed E-state index contributed by atoms with van der Waals surface area (Å²) in [5.41, 5.74) is 0.499. The van der Waals surface area contributed by atoms with Crippen LogP contribution in [0, 0.1) is 12.7 Å². The highest BCUT2D eigenvalue weighted by Gasteiger charge is 2.35. The number of aromatic nitrogens is 5. The van der Waals surface area contributed by atoms with Crippen LogP contribution in [0.2, 0.25) is 0 Å². The molecule has 0 bridgehead atoms. The number of benzene rings is 1. The Kier molecular flexibility index (Phi) is 5.41. The normalized spacial score (nSPS) is 11.8. The van der Waals surface area contributed by atoms with Crippen molar-refractivity contribution in [2.45, 2.75) is 33.1 Å². The number of nitrogens with zero attached hydrogens (tertiary/aromatic N) is 5. The molecule has 0 saturated carbocycles. The molecule has 4 aromatic rings. The lowest BCUT2D eigenvalue weighted by Crippen LogP contribution is -2.23. The molecular formula is C21H18F4N6O. The predicted molar refractivity (Wildman–Crippen MR) is 107 cm³/mol. The molecule has 32 heavy (non-hydrogen) atoms. The Morgan fingerprint density at radius 2 is 1.88 bits per heavy atom. The van der Waals surface area contributed by atoms with Gasteiger partial charge in [-0.3, -0.25) is 9.48 Å². The first-order valence-electron chi connectivity index (χ1n) is 9.71. The van der Waals surface area contributed by atoms with Gasteiger partial charge in [0.1, 0.15) is 5.82 Å². The van der Waals surface area contributed by atoms with Crippen LogP contribution in [0.5, 0.6) is 0 Å². The third kappa shape index (κ3) is 4.05. The highest BCUT2D eigenvalue weighted by molar-refractivity contribution is 5.93. The lowest BCUT2D eigenvalue weighted by Gasteiger charge is -2.11. The van der Waals surface area contributed by atoms with Crippen molar-refractivity contribution in [2.75, 3.05) is 0 Å². The van der Waals surface area contributed by atoms with Gasteiger partial charge in [0.05, 0.1) is 11.9 Å². The van der Waals surface area contributed by atoms with Gasteiger partial charge >= 0.3 is 6.18 Å². The van der Waals surface area contributed by atoms with Crippen LogP contribution in [0.4, 0.5) is 17.6 Å². The maximum absolute atomic E-state index is 13.7. The molecule has 3 heterocycles. The molecule has 1 aromatic carbocycles. The molecule has 0 unspecified atom stereocenters. The summed E-state index contributed by atoms with van der Waals surface area (Å²) in [6, 6.07) is 6.92. The van der Waals surface area contributed by atoms with Crippen molar-refractivity contribution in [3.8, 4) is 11.3 Å². The molecule has 4 rings (SSSR count). The molecule has 7 nitrogen and oxygen atoms in total. The summed E-state index contributed by atoms with van der Waals surface area (Å²) in [5, 5.41) is 10.7. The number of halogens is 4. The minimum absolute atomic E-state index is 0.0145. The fourth-order valence-electron chi connectivity index (χ4n) is 3.30. The molecule has 0 fully saturated rings. The van der Waals surface area contributed by atoms with Crippen LogP contribution in [0.1, 0.15) is 34.4 Å². The third-order valence-corrected chi connectivity index (χ3v) is 5.03. The standard InChI is InChI=1S/C21H18F4N6O/c1-3-30-12(2)14(11-27-30)10-26-20(32)17-9-19-28-16(13-4-6-15(22)7-5-13)8-18(21(23,24)25)31(19)29-17/h4-9,11H,3,10H2,1-2H3,(H,26,32). The zero-order valence-corrected chi connectivity index (χ0v) is 17.1. The van der Waals surface area contributed by atoms with E-state index in [1.807, 2.05) is 13.8 Å². The smallest absolute Gasteiger partial charge is 0.346 e. The Morgan fingerprint density at radius 3 is 2.50 bits per heavy atom. The maximum atomic E-state index is 13.7. The number of amides is 1. The van der Waals surface area contributed by atoms with Gasteiger partial charge in [-0.25, -0.2) is 13.9 Å². The average molecular weight is 446 g/mol. The van der Waals surface area contributed by atoms with Crippen LogP contribution >= 0.6 is 0 Å². The van der Waals surface area contributed by atoms with E-state index < -0.39 is 23.6 Å². The first-order valence-corrected chi connectivity index (χ1v) is 9.71. The molecule has 0 aliphatic carbocycles. The van der Waals surface area contributed by atoms with E-state index in [1.54, 1.807) is 10.9 Å². The zero-order chi connectivity index (χ0) is 23.0. The Bertz CT molecular complexity index is 1290. The topological polar surface area (TPSA) is 77.1 Å². The van der Waals surface area contributed by atoms with Gasteiger partial charge in [0, 0.05) is 36.0 Å². The quantitative estimate of drug-likeness (QED) is 0.470. The minimum Gasteiger partial charge on any atom is -0.346 e. The van der Waals surface area contributed by atoms with Gasteiger partial charge in [-0.1, -0.05) is 0 Å². The number of carbonyl (C=O) groups is 1. The maximum Gasteiger partial charge on any atom is 0.433 e. The second-order valence-corrected chi connectivity index (χ2v) is 7.08. The number of hydrogen-bond donors (Lipinski definition) is 1. The van der Waals surface area contributed by atoms with Gasteiger partial charge in [0.25, 0.3) is 5.91 Å². The van der Waals surface area contributed by atoms with E-state index in [0.29, 0.717) is 16.6 Å². The van der Waals surface area contributed by atoms with Crippen molar-refractivity contribution in [3.63, 3.8) is 0 Å². The van der Waals surface area contributed by atoms with Crippen LogP contribution in [0.3, 0.4) is 0 Å². The van der Waals surface area contributed by atoms with E-state index in [-0.39, 0.29) is 23.6 Å². The van der Waals surface area contributed by atoms with Crippen LogP contribution in [0.15, 0.2) is 42.6 Å². The molecule has 1 amide bonds. The zero-order valence-electron chi connectivity index (χ0n) is 17.1. The van der Waals surface area contributed by atoms with Gasteiger partial charge in [0.15, 0.2) is 17.0 Å². The number of carbonyl (C=O) groups excluding carboxylic acids is 1. The molecule has 0 saturated heterocycles. The Labute approximate surface area is 179 Å². The summed E-state index contributed by atoms with van der Waals surface area (Å²) in [5.74, 6) is -1.16. The second-order valence-electron chi connectivity index (χ2n) is 7.08. The summed E-state index contributed by atoms with van der Waals surface area (Å²) < 4.78 is 56.6. The van der Waals surface area contributed by atoms with E-state index in [1.165, 1.54) is 18.2 Å². The van der Waals surface area contributed by atoms with Gasteiger partial charge in [0.2, 0.25) is 0 Å². The molecular weight excluding hydrogens is 428 g/mol. The number of alkyl halides is 3. The Morgan fingerprint density at radius 1 is 1.16 bits per heavy atom. The first-order chi connectivity index (χ1) is 15.2. The van der Waals surface area contributed by atoms with Crippen molar-refractivity contribution in [1.82, 2.24) is 29.7 Å². The van der Waals surface area contributed by atoms with Crippen molar-refractivity contribution in [2.24, 2.45) is 0 Å². The van der Waals surface area contributed by atoms with E-state index >= 15 is 0 Å². The van der Waals surface area contributed by atoms with Crippen LogP contribution < -0.4 is 5.32 Å². The van der Waals surface area contributed by atoms with Crippen molar-refractivity contribution in [1.29, 1.82) is 0 Å². The number of hydrogen-bond acceptors (Lipinski definition) is 4. The van der Waals surface area contributed by atoms with Crippen LogP contribution in [-0.4, -0.2) is 30.3 Å². The van der Waals surface area contributed by atoms with Gasteiger partial charge in [-0.15, -0.1) is 0 Å². The van der Waals surface area contributed by atoms with Gasteiger partial charge in [-0.05, 0) is 44.2 Å². The SMILES string of the molecule is CCn1ncc(CNC(=O)c2cc3nc(-c4ccc(F)cc4)cc(C(F)(F)F)n3n2)c1C. The number of rotatable bonds is 5. The van der Waals surface area contributed by atoms with E-state index in [9.17, 15) is 22.4 Å². The van der Waals surface area contributed by atoms with Crippen molar-refractivity contribution in [3.05, 3.63) is 71.1 Å². The Hall–Kier alpha value is -3.76. The summed E-state index contributed by atoms with van der Waals surface area (Å²) in [4.78, 5) is 16.7. The van der Waals surface area contributed by atoms with E-state index in [0.717, 1.165) is 29.5 Å². The Balaban J connectivity index is 1.68. The highest BCUT2D eigenvalue weighted by Crippen LogP contribution is 2.32. The molecule has 0 spiro atoms. The first kappa shape index (κ1) is 21.5. The monoisotopic (exact) mass is 446 g/mol. The highest BCUT2D eigenvalue weighted by atomic mass is 19.4. The second kappa shape index (κ2) is 8.06. The van der Waals surface area contributed by atoms with Crippen LogP contribution in [-0.2, 0) is 19.3 Å². The molecule has 1 N–H and O–H groups in total. The van der Waals surface area contributed by atoms with Gasteiger partial charge in [-0.2, -0.15) is 23.4 Å². The number of nitrogens with one attached hydrogen (secondary N) is 1. The fraction of sp³-hybridized carbons (Fsp3) is 0.238. The van der Waals surface area contributed by atoms with E-state index in [2.05, 4.69) is 20.5 Å². The molecule has 0 radical (unpaired) electrons. The molecule has 166 valence electrons. The van der Waals surface area contributed by atoms with Crippen molar-refractivity contribution >= 4 is 11.6 Å². The fourth-order valence-corrected chi connectivity index (χ4v) is 3.30. The minimum atomic E-state index is -4.75.